The van der Waals surface area contributed by atoms with E-state index in [0.717, 1.165) is 109 Å². The van der Waals surface area contributed by atoms with Crippen LogP contribution < -0.4 is 25.5 Å². The number of benzene rings is 2. The highest BCUT2D eigenvalue weighted by Gasteiger charge is 2.33. The summed E-state index contributed by atoms with van der Waals surface area (Å²) in [7, 11) is 1.75. The van der Waals surface area contributed by atoms with E-state index in [0.29, 0.717) is 18.0 Å². The van der Waals surface area contributed by atoms with Crippen LogP contribution in [-0.4, -0.2) is 85.6 Å². The van der Waals surface area contributed by atoms with Gasteiger partial charge in [-0.25, -0.2) is 14.8 Å². The van der Waals surface area contributed by atoms with E-state index >= 15 is 0 Å². The predicted octanol–water partition coefficient (Wildman–Crippen LogP) is 6.29. The first-order valence-electron chi connectivity index (χ1n) is 21.3. The second-order valence-corrected chi connectivity index (χ2v) is 17.2. The molecule has 5 aromatic rings. The van der Waals surface area contributed by atoms with E-state index in [1.165, 1.54) is 32.1 Å². The van der Waals surface area contributed by atoms with Crippen LogP contribution in [0.2, 0.25) is 0 Å². The molecule has 2 amide bonds. The smallest absolute Gasteiger partial charge is 0.329 e. The van der Waals surface area contributed by atoms with Gasteiger partial charge in [-0.1, -0.05) is 0 Å². The van der Waals surface area contributed by atoms with Gasteiger partial charge in [0.1, 0.15) is 29.6 Å². The van der Waals surface area contributed by atoms with Crippen LogP contribution in [-0.2, 0) is 21.4 Å². The molecule has 4 fully saturated rings. The number of anilines is 2. The standard InChI is InChI=1S/C44H55N9O5/c1-27(2)57-33-9-10-35-34(24-33)42(49-48-35)36-25-40(46-26-45-36)52-18-14-29(15-19-52)22-28-4-7-31(8-5-28)58-32-16-20-51(21-17-32)30-6-11-37-39(23-30)50(3)44(56)53(37)38-12-13-41(54)47-43(38)55/h6,9-11,23-29,31-32,38H,4-5,7-8,12-22H2,1-3H3,(H,48,49)(H,47,54,55). The number of amides is 2. The van der Waals surface area contributed by atoms with Gasteiger partial charge < -0.3 is 19.3 Å². The molecule has 58 heavy (non-hydrogen) atoms. The number of rotatable bonds is 10. The molecule has 2 aromatic carbocycles. The molecule has 0 bridgehead atoms. The lowest BCUT2D eigenvalue weighted by atomic mass is 9.79. The molecule has 0 radical (unpaired) electrons. The third kappa shape index (κ3) is 7.82. The molecule has 9 rings (SSSR count). The number of ether oxygens (including phenoxy) is 2. The van der Waals surface area contributed by atoms with E-state index in [4.69, 9.17) is 9.47 Å². The third-order valence-electron chi connectivity index (χ3n) is 13.0. The number of nitrogens with one attached hydrogen (secondary N) is 2. The van der Waals surface area contributed by atoms with Gasteiger partial charge in [0.2, 0.25) is 11.8 Å². The van der Waals surface area contributed by atoms with Crippen LogP contribution in [0.3, 0.4) is 0 Å². The first kappa shape index (κ1) is 38.3. The predicted molar refractivity (Wildman–Crippen MR) is 223 cm³/mol. The van der Waals surface area contributed by atoms with E-state index in [9.17, 15) is 14.4 Å². The van der Waals surface area contributed by atoms with Gasteiger partial charge in [-0.3, -0.25) is 29.1 Å². The van der Waals surface area contributed by atoms with Crippen molar-refractivity contribution in [1.82, 2.24) is 34.6 Å². The molecule has 0 spiro atoms. The summed E-state index contributed by atoms with van der Waals surface area (Å²) >= 11 is 0. The quantitative estimate of drug-likeness (QED) is 0.155. The van der Waals surface area contributed by atoms with E-state index in [1.807, 2.05) is 44.2 Å². The number of aromatic nitrogens is 6. The number of carbonyl (C=O) groups excluding carboxylic acids is 2. The molecule has 3 aliphatic heterocycles. The number of nitrogens with zero attached hydrogens (tertiary/aromatic N) is 7. The second kappa shape index (κ2) is 16.2. The summed E-state index contributed by atoms with van der Waals surface area (Å²) in [5, 5.41) is 11.1. The minimum absolute atomic E-state index is 0.0978. The Morgan fingerprint density at radius 1 is 0.793 bits per heavy atom. The Kier molecular flexibility index (Phi) is 10.7. The largest absolute Gasteiger partial charge is 0.491 e. The van der Waals surface area contributed by atoms with Crippen LogP contribution in [0, 0.1) is 11.8 Å². The minimum Gasteiger partial charge on any atom is -0.491 e. The number of H-pyrrole nitrogens is 1. The monoisotopic (exact) mass is 789 g/mol. The number of fused-ring (bicyclic) bond motifs is 2. The van der Waals surface area contributed by atoms with E-state index in [2.05, 4.69) is 47.4 Å². The molecule has 306 valence electrons. The van der Waals surface area contributed by atoms with Crippen LogP contribution in [0.25, 0.3) is 33.3 Å². The minimum atomic E-state index is -0.678. The van der Waals surface area contributed by atoms with Crippen LogP contribution >= 0.6 is 0 Å². The number of imidazole rings is 1. The van der Waals surface area contributed by atoms with Crippen molar-refractivity contribution in [2.45, 2.75) is 109 Å². The van der Waals surface area contributed by atoms with Gasteiger partial charge in [-0.2, -0.15) is 5.10 Å². The van der Waals surface area contributed by atoms with Crippen molar-refractivity contribution >= 4 is 45.3 Å². The first-order valence-corrected chi connectivity index (χ1v) is 21.3. The molecular weight excluding hydrogens is 735 g/mol. The topological polar surface area (TPSA) is 152 Å². The number of hydrogen-bond donors (Lipinski definition) is 2. The van der Waals surface area contributed by atoms with Gasteiger partial charge >= 0.3 is 5.69 Å². The summed E-state index contributed by atoms with van der Waals surface area (Å²) < 4.78 is 15.8. The highest BCUT2D eigenvalue weighted by molar-refractivity contribution is 6.00. The molecule has 14 heteroatoms. The molecule has 2 N–H and O–H groups in total. The van der Waals surface area contributed by atoms with Crippen molar-refractivity contribution < 1.29 is 19.1 Å². The van der Waals surface area contributed by atoms with Gasteiger partial charge in [0, 0.05) is 56.8 Å². The lowest BCUT2D eigenvalue weighted by Gasteiger charge is -2.38. The fraction of sp³-hybridized carbons (Fsp3) is 0.545. The number of aryl methyl sites for hydroxylation is 1. The van der Waals surface area contributed by atoms with Crippen LogP contribution in [0.1, 0.15) is 90.5 Å². The van der Waals surface area contributed by atoms with Crippen LogP contribution in [0.15, 0.2) is 53.6 Å². The fourth-order valence-electron chi connectivity index (χ4n) is 9.86. The van der Waals surface area contributed by atoms with Crippen molar-refractivity contribution in [2.75, 3.05) is 36.0 Å². The van der Waals surface area contributed by atoms with Crippen LogP contribution in [0.4, 0.5) is 11.5 Å². The molecule has 1 aliphatic carbocycles. The van der Waals surface area contributed by atoms with Gasteiger partial charge in [-0.15, -0.1) is 0 Å². The summed E-state index contributed by atoms with van der Waals surface area (Å²) in [6, 6.07) is 13.5. The van der Waals surface area contributed by atoms with E-state index in [1.54, 1.807) is 22.5 Å². The Hall–Kier alpha value is -5.24. The average Bonchev–Trinajstić information content (AvgIpc) is 3.76. The maximum Gasteiger partial charge on any atom is 0.329 e. The zero-order chi connectivity index (χ0) is 39.9. The molecule has 1 saturated carbocycles. The van der Waals surface area contributed by atoms with Gasteiger partial charge in [-0.05, 0) is 126 Å². The zero-order valence-electron chi connectivity index (χ0n) is 33.9. The molecule has 1 unspecified atom stereocenters. The van der Waals surface area contributed by atoms with Crippen molar-refractivity contribution in [3.63, 3.8) is 0 Å². The molecule has 6 heterocycles. The van der Waals surface area contributed by atoms with Crippen molar-refractivity contribution in [3.05, 3.63) is 59.3 Å². The molecule has 3 aromatic heterocycles. The number of imide groups is 1. The van der Waals surface area contributed by atoms with E-state index < -0.39 is 11.9 Å². The second-order valence-electron chi connectivity index (χ2n) is 17.2. The van der Waals surface area contributed by atoms with Crippen LogP contribution in [0.5, 0.6) is 5.75 Å². The Morgan fingerprint density at radius 2 is 1.53 bits per heavy atom. The summed E-state index contributed by atoms with van der Waals surface area (Å²) in [6.45, 7) is 7.87. The van der Waals surface area contributed by atoms with E-state index in [-0.39, 0.29) is 30.2 Å². The highest BCUT2D eigenvalue weighted by Crippen LogP contribution is 2.37. The number of piperidine rings is 3. The van der Waals surface area contributed by atoms with Gasteiger partial charge in [0.05, 0.1) is 40.6 Å². The lowest BCUT2D eigenvalue weighted by Crippen LogP contribution is -2.44. The zero-order valence-corrected chi connectivity index (χ0v) is 33.9. The lowest BCUT2D eigenvalue weighted by molar-refractivity contribution is -0.135. The summed E-state index contributed by atoms with van der Waals surface area (Å²) in [5.41, 5.74) is 4.93. The summed E-state index contributed by atoms with van der Waals surface area (Å²) in [6.07, 6.45) is 13.4. The molecule has 3 saturated heterocycles. The Labute approximate surface area is 338 Å². The Bertz CT molecular complexity index is 2340. The normalized spacial score (nSPS) is 22.7. The highest BCUT2D eigenvalue weighted by atomic mass is 16.5. The summed E-state index contributed by atoms with van der Waals surface area (Å²) in [5.74, 6) is 2.61. The summed E-state index contributed by atoms with van der Waals surface area (Å²) in [4.78, 5) is 51.6. The van der Waals surface area contributed by atoms with Gasteiger partial charge in [0.15, 0.2) is 0 Å². The Morgan fingerprint density at radius 3 is 2.29 bits per heavy atom. The van der Waals surface area contributed by atoms with Crippen molar-refractivity contribution in [1.29, 1.82) is 0 Å². The first-order chi connectivity index (χ1) is 28.2. The molecule has 1 atom stereocenters. The number of carbonyl (C=O) groups is 2. The maximum absolute atomic E-state index is 13.2. The number of hydrogen-bond acceptors (Lipinski definition) is 10. The van der Waals surface area contributed by atoms with Crippen molar-refractivity contribution in [2.24, 2.45) is 18.9 Å². The number of aromatic amines is 1. The molecular formula is C44H55N9O5. The maximum atomic E-state index is 13.2. The molecule has 4 aliphatic rings. The SMILES string of the molecule is CC(C)Oc1ccc2[nH]nc(-c3cc(N4CCC(CC5CCC(OC6CCN(c7ccc8c(c7)n(C)c(=O)n8C7CCC(=O)NC7=O)CC6)CC5)CC4)ncn3)c2c1. The Balaban J connectivity index is 0.725. The fourth-order valence-corrected chi connectivity index (χ4v) is 9.86. The third-order valence-corrected chi connectivity index (χ3v) is 13.0. The van der Waals surface area contributed by atoms with Crippen molar-refractivity contribution in [3.8, 4) is 17.1 Å². The average molecular weight is 790 g/mol. The molecule has 14 nitrogen and oxygen atoms in total. The van der Waals surface area contributed by atoms with Gasteiger partial charge in [0.25, 0.3) is 0 Å².